The third kappa shape index (κ3) is 4.64. The molecule has 1 heterocycles. The summed E-state index contributed by atoms with van der Waals surface area (Å²) >= 11 is 0. The second kappa shape index (κ2) is 8.67. The molecule has 0 bridgehead atoms. The van der Waals surface area contributed by atoms with Crippen LogP contribution < -0.4 is 10.1 Å². The average molecular weight is 362 g/mol. The van der Waals surface area contributed by atoms with Crippen LogP contribution in [0, 0.1) is 13.8 Å². The van der Waals surface area contributed by atoms with Crippen molar-refractivity contribution in [1.82, 2.24) is 0 Å². The number of quaternary nitrogens is 1. The number of aryl methyl sites for hydroxylation is 2. The summed E-state index contributed by atoms with van der Waals surface area (Å²) in [6, 6.07) is 3.63. The molecule has 0 radical (unpaired) electrons. The molecular formula is C21H33N2O3+. The molecule has 0 spiro atoms. The van der Waals surface area contributed by atoms with Crippen molar-refractivity contribution in [2.75, 3.05) is 25.5 Å². The van der Waals surface area contributed by atoms with Crippen LogP contribution >= 0.6 is 0 Å². The van der Waals surface area contributed by atoms with Crippen LogP contribution in [-0.2, 0) is 9.59 Å². The summed E-state index contributed by atoms with van der Waals surface area (Å²) in [5.41, 5.74) is 2.66. The fourth-order valence-corrected chi connectivity index (χ4v) is 4.06. The second-order valence-corrected chi connectivity index (χ2v) is 7.69. The number of hydrogen-bond acceptors (Lipinski definition) is 3. The molecule has 1 amide bonds. The number of piperidine rings is 1. The fraction of sp³-hybridized carbons (Fsp3) is 0.619. The van der Waals surface area contributed by atoms with Crippen molar-refractivity contribution in [3.05, 3.63) is 23.3 Å². The van der Waals surface area contributed by atoms with Gasteiger partial charge in [-0.05, 0) is 56.4 Å². The number of carbonyl (C=O) groups excluding carboxylic acids is 2. The number of rotatable bonds is 6. The van der Waals surface area contributed by atoms with Gasteiger partial charge in [0.2, 0.25) is 0 Å². The van der Waals surface area contributed by atoms with E-state index in [-0.39, 0.29) is 17.9 Å². The first-order chi connectivity index (χ1) is 12.3. The van der Waals surface area contributed by atoms with Gasteiger partial charge in [-0.1, -0.05) is 13.8 Å². The molecule has 1 aliphatic heterocycles. The Bertz CT molecular complexity index is 644. The van der Waals surface area contributed by atoms with Crippen molar-refractivity contribution in [1.29, 1.82) is 0 Å². The molecule has 1 fully saturated rings. The highest BCUT2D eigenvalue weighted by atomic mass is 16.5. The van der Waals surface area contributed by atoms with Gasteiger partial charge in [0.05, 0.1) is 20.1 Å². The number of nitrogens with zero attached hydrogens (tertiary/aromatic N) is 1. The number of ether oxygens (including phenoxy) is 1. The molecule has 1 aromatic carbocycles. The van der Waals surface area contributed by atoms with Gasteiger partial charge in [-0.2, -0.15) is 0 Å². The molecule has 0 saturated carbocycles. The maximum Gasteiger partial charge on any atom is 0.310 e. The number of esters is 1. The number of amides is 1. The van der Waals surface area contributed by atoms with E-state index >= 15 is 0 Å². The average Bonchev–Trinajstić information content (AvgIpc) is 2.58. The van der Waals surface area contributed by atoms with E-state index in [0.717, 1.165) is 53.6 Å². The molecule has 2 unspecified atom stereocenters. The van der Waals surface area contributed by atoms with Gasteiger partial charge in [0.25, 0.3) is 5.91 Å². The largest absolute Gasteiger partial charge is 0.427 e. The summed E-state index contributed by atoms with van der Waals surface area (Å²) in [6.45, 7) is 9.92. The SMILES string of the molecule is CCC[N+]1(C)CCCCC1C(=O)Nc1c(C)cc(OC(=O)CC)cc1C. The van der Waals surface area contributed by atoms with Gasteiger partial charge in [-0.3, -0.25) is 9.59 Å². The minimum atomic E-state index is -0.254. The van der Waals surface area contributed by atoms with Crippen molar-refractivity contribution in [2.24, 2.45) is 0 Å². The number of hydrogen-bond donors (Lipinski definition) is 1. The number of carbonyl (C=O) groups is 2. The highest BCUT2D eigenvalue weighted by Crippen LogP contribution is 2.29. The molecule has 1 saturated heterocycles. The van der Waals surface area contributed by atoms with Crippen molar-refractivity contribution in [3.8, 4) is 5.75 Å². The Morgan fingerprint density at radius 2 is 1.85 bits per heavy atom. The zero-order valence-electron chi connectivity index (χ0n) is 16.9. The minimum absolute atomic E-state index is 0.0000886. The first-order valence-corrected chi connectivity index (χ1v) is 9.77. The molecule has 1 aromatic rings. The van der Waals surface area contributed by atoms with Gasteiger partial charge in [0.1, 0.15) is 5.75 Å². The van der Waals surface area contributed by atoms with Gasteiger partial charge >= 0.3 is 5.97 Å². The van der Waals surface area contributed by atoms with Crippen molar-refractivity contribution in [3.63, 3.8) is 0 Å². The van der Waals surface area contributed by atoms with Gasteiger partial charge in [-0.25, -0.2) is 0 Å². The smallest absolute Gasteiger partial charge is 0.310 e. The number of nitrogens with one attached hydrogen (secondary N) is 1. The zero-order valence-corrected chi connectivity index (χ0v) is 16.9. The lowest BCUT2D eigenvalue weighted by Crippen LogP contribution is -2.60. The lowest BCUT2D eigenvalue weighted by Gasteiger charge is -2.43. The lowest BCUT2D eigenvalue weighted by atomic mass is 9.97. The number of likely N-dealkylation sites (tertiary alicyclic amines) is 1. The van der Waals surface area contributed by atoms with E-state index in [1.165, 1.54) is 6.42 Å². The van der Waals surface area contributed by atoms with Crippen LogP contribution in [0.5, 0.6) is 5.75 Å². The predicted octanol–water partition coefficient (Wildman–Crippen LogP) is 3.97. The van der Waals surface area contributed by atoms with Crippen LogP contribution in [0.15, 0.2) is 12.1 Å². The Morgan fingerprint density at radius 3 is 2.42 bits per heavy atom. The predicted molar refractivity (Wildman–Crippen MR) is 104 cm³/mol. The van der Waals surface area contributed by atoms with Gasteiger partial charge in [0.15, 0.2) is 6.04 Å². The quantitative estimate of drug-likeness (QED) is 0.474. The molecule has 0 aromatic heterocycles. The van der Waals surface area contributed by atoms with E-state index in [9.17, 15) is 9.59 Å². The highest BCUT2D eigenvalue weighted by Gasteiger charge is 2.40. The molecule has 5 heteroatoms. The van der Waals surface area contributed by atoms with Gasteiger partial charge in [0, 0.05) is 18.5 Å². The molecule has 2 atom stereocenters. The molecule has 5 nitrogen and oxygen atoms in total. The van der Waals surface area contributed by atoms with Crippen LogP contribution in [0.25, 0.3) is 0 Å². The topological polar surface area (TPSA) is 55.4 Å². The van der Waals surface area contributed by atoms with E-state index in [1.807, 2.05) is 26.0 Å². The lowest BCUT2D eigenvalue weighted by molar-refractivity contribution is -0.929. The van der Waals surface area contributed by atoms with E-state index in [0.29, 0.717) is 12.2 Å². The highest BCUT2D eigenvalue weighted by molar-refractivity contribution is 5.95. The van der Waals surface area contributed by atoms with Crippen LogP contribution in [0.1, 0.15) is 57.1 Å². The third-order valence-electron chi connectivity index (χ3n) is 5.46. The summed E-state index contributed by atoms with van der Waals surface area (Å²) < 4.78 is 6.14. The second-order valence-electron chi connectivity index (χ2n) is 7.69. The van der Waals surface area contributed by atoms with E-state index in [4.69, 9.17) is 4.74 Å². The first kappa shape index (κ1) is 20.4. The van der Waals surface area contributed by atoms with Crippen LogP contribution in [0.4, 0.5) is 5.69 Å². The molecule has 0 aliphatic carbocycles. The van der Waals surface area contributed by atoms with Crippen LogP contribution in [-0.4, -0.2) is 42.5 Å². The number of likely N-dealkylation sites (N-methyl/N-ethyl adjacent to an activating group) is 1. The number of benzene rings is 1. The molecule has 1 N–H and O–H groups in total. The Balaban J connectivity index is 2.19. The monoisotopic (exact) mass is 361 g/mol. The summed E-state index contributed by atoms with van der Waals surface area (Å²) in [5, 5.41) is 3.16. The Morgan fingerprint density at radius 1 is 1.19 bits per heavy atom. The zero-order chi connectivity index (χ0) is 19.3. The van der Waals surface area contributed by atoms with Crippen molar-refractivity contribution < 1.29 is 18.8 Å². The molecule has 26 heavy (non-hydrogen) atoms. The summed E-state index contributed by atoms with van der Waals surface area (Å²) in [7, 11) is 2.21. The van der Waals surface area contributed by atoms with E-state index in [2.05, 4.69) is 19.3 Å². The van der Waals surface area contributed by atoms with Gasteiger partial charge < -0.3 is 14.5 Å². The first-order valence-electron chi connectivity index (χ1n) is 9.77. The van der Waals surface area contributed by atoms with E-state index < -0.39 is 0 Å². The molecule has 2 rings (SSSR count). The molecular weight excluding hydrogens is 328 g/mol. The summed E-state index contributed by atoms with van der Waals surface area (Å²) in [6.07, 6.45) is 4.66. The fourth-order valence-electron chi connectivity index (χ4n) is 4.06. The van der Waals surface area contributed by atoms with Crippen LogP contribution in [0.2, 0.25) is 0 Å². The Labute approximate surface area is 157 Å². The maximum absolute atomic E-state index is 13.1. The summed E-state index contributed by atoms with van der Waals surface area (Å²) in [4.78, 5) is 24.6. The van der Waals surface area contributed by atoms with Crippen molar-refractivity contribution in [2.45, 2.75) is 65.8 Å². The minimum Gasteiger partial charge on any atom is -0.427 e. The Kier molecular flexibility index (Phi) is 6.81. The van der Waals surface area contributed by atoms with Crippen LogP contribution in [0.3, 0.4) is 0 Å². The maximum atomic E-state index is 13.1. The normalized spacial score (nSPS) is 22.7. The van der Waals surface area contributed by atoms with Gasteiger partial charge in [-0.15, -0.1) is 0 Å². The molecule has 144 valence electrons. The standard InChI is InChI=1S/C21H32N2O3/c1-6-11-23(5)12-9-8-10-18(23)21(25)22-20-15(3)13-17(14-16(20)4)26-19(24)7-2/h13-14,18H,6-12H2,1-5H3/p+1. The Hall–Kier alpha value is -1.88. The molecule has 1 aliphatic rings. The number of anilines is 1. The van der Waals surface area contributed by atoms with E-state index in [1.54, 1.807) is 6.92 Å². The summed E-state index contributed by atoms with van der Waals surface area (Å²) in [5.74, 6) is 0.384. The van der Waals surface area contributed by atoms with Crippen molar-refractivity contribution >= 4 is 17.6 Å². The third-order valence-corrected chi connectivity index (χ3v) is 5.46.